The highest BCUT2D eigenvalue weighted by Gasteiger charge is 2.49. The zero-order valence-corrected chi connectivity index (χ0v) is 12.6. The Morgan fingerprint density at radius 3 is 2.62 bits per heavy atom. The summed E-state index contributed by atoms with van der Waals surface area (Å²) in [7, 11) is 0. The van der Waals surface area contributed by atoms with Gasteiger partial charge in [0.15, 0.2) is 0 Å². The summed E-state index contributed by atoms with van der Waals surface area (Å²) in [5.74, 6) is -1.10. The molecule has 0 N–H and O–H groups in total. The molecule has 0 radical (unpaired) electrons. The zero-order valence-electron chi connectivity index (χ0n) is 12.6. The number of benzene rings is 1. The molecule has 0 saturated carbocycles. The van der Waals surface area contributed by atoms with Crippen molar-refractivity contribution in [2.45, 2.75) is 69.9 Å². The van der Waals surface area contributed by atoms with Gasteiger partial charge in [0.1, 0.15) is 11.6 Å². The highest BCUT2D eigenvalue weighted by atomic mass is 19.1. The second kappa shape index (κ2) is 5.33. The van der Waals surface area contributed by atoms with E-state index in [0.29, 0.717) is 0 Å². The van der Waals surface area contributed by atoms with Gasteiger partial charge in [0, 0.05) is 5.56 Å². The standard InChI is InChI=1S/C17H22F2O2/c1-16-8-4-9-17(2,21-16)15(7-10-16)20-11-12-13(18)5-3-6-14(12)19/h3,5-6,15H,4,7-11H2,1-2H3/t15?,16-,17+/m1/s1. The van der Waals surface area contributed by atoms with E-state index in [4.69, 9.17) is 9.47 Å². The SMILES string of the molecule is C[C@]12CCC[C@](C)(O1)C(OCc1c(F)cccc1F)CC2. The van der Waals surface area contributed by atoms with Gasteiger partial charge >= 0.3 is 0 Å². The van der Waals surface area contributed by atoms with E-state index in [2.05, 4.69) is 13.8 Å². The molecule has 2 nitrogen and oxygen atoms in total. The molecule has 2 fully saturated rings. The van der Waals surface area contributed by atoms with E-state index in [9.17, 15) is 8.78 Å². The van der Waals surface area contributed by atoms with Crippen molar-refractivity contribution in [2.75, 3.05) is 0 Å². The topological polar surface area (TPSA) is 18.5 Å². The molecule has 0 amide bonds. The Bertz CT molecular complexity index is 513. The molecule has 2 aliphatic rings. The van der Waals surface area contributed by atoms with Crippen LogP contribution in [0.15, 0.2) is 18.2 Å². The Morgan fingerprint density at radius 1 is 1.19 bits per heavy atom. The average molecular weight is 296 g/mol. The zero-order chi connectivity index (χ0) is 15.1. The molecule has 0 spiro atoms. The highest BCUT2D eigenvalue weighted by molar-refractivity contribution is 5.18. The maximum absolute atomic E-state index is 13.7. The van der Waals surface area contributed by atoms with Crippen LogP contribution in [0.5, 0.6) is 0 Å². The number of rotatable bonds is 3. The molecule has 2 bridgehead atoms. The lowest BCUT2D eigenvalue weighted by molar-refractivity contribution is -0.260. The van der Waals surface area contributed by atoms with Crippen molar-refractivity contribution in [3.05, 3.63) is 35.4 Å². The number of hydrogen-bond acceptors (Lipinski definition) is 2. The van der Waals surface area contributed by atoms with E-state index in [0.717, 1.165) is 32.1 Å². The van der Waals surface area contributed by atoms with Crippen molar-refractivity contribution in [1.82, 2.24) is 0 Å². The summed E-state index contributed by atoms with van der Waals surface area (Å²) in [6.45, 7) is 4.17. The molecule has 21 heavy (non-hydrogen) atoms. The molecular formula is C17H22F2O2. The fourth-order valence-electron chi connectivity index (χ4n) is 3.74. The van der Waals surface area contributed by atoms with Gasteiger partial charge in [0.05, 0.1) is 23.9 Å². The molecule has 2 aliphatic heterocycles. The highest BCUT2D eigenvalue weighted by Crippen LogP contribution is 2.46. The lowest BCUT2D eigenvalue weighted by Crippen LogP contribution is -2.57. The van der Waals surface area contributed by atoms with Crippen molar-refractivity contribution in [3.63, 3.8) is 0 Å². The predicted octanol–water partition coefficient (Wildman–Crippen LogP) is 4.36. The molecule has 2 heterocycles. The summed E-state index contributed by atoms with van der Waals surface area (Å²) in [6, 6.07) is 3.89. The second-order valence-electron chi connectivity index (χ2n) is 6.76. The maximum atomic E-state index is 13.7. The molecule has 3 atom stereocenters. The van der Waals surface area contributed by atoms with Crippen LogP contribution in [0.1, 0.15) is 51.5 Å². The van der Waals surface area contributed by atoms with Gasteiger partial charge in [-0.2, -0.15) is 0 Å². The van der Waals surface area contributed by atoms with Crippen LogP contribution in [0.4, 0.5) is 8.78 Å². The molecule has 2 saturated heterocycles. The van der Waals surface area contributed by atoms with Gasteiger partial charge in [0.2, 0.25) is 0 Å². The fraction of sp³-hybridized carbons (Fsp3) is 0.647. The van der Waals surface area contributed by atoms with Crippen LogP contribution >= 0.6 is 0 Å². The smallest absolute Gasteiger partial charge is 0.131 e. The van der Waals surface area contributed by atoms with Crippen LogP contribution in [-0.2, 0) is 16.1 Å². The van der Waals surface area contributed by atoms with E-state index in [1.807, 2.05) is 0 Å². The van der Waals surface area contributed by atoms with Crippen LogP contribution in [0.25, 0.3) is 0 Å². The Labute approximate surface area is 124 Å². The van der Waals surface area contributed by atoms with Gasteiger partial charge in [-0.15, -0.1) is 0 Å². The first kappa shape index (κ1) is 14.9. The first-order chi connectivity index (χ1) is 9.92. The molecule has 0 aliphatic carbocycles. The normalized spacial score (nSPS) is 35.7. The van der Waals surface area contributed by atoms with E-state index in [-0.39, 0.29) is 29.5 Å². The summed E-state index contributed by atoms with van der Waals surface area (Å²) in [5.41, 5.74) is -0.395. The van der Waals surface area contributed by atoms with Gasteiger partial charge in [-0.05, 0) is 58.1 Å². The summed E-state index contributed by atoms with van der Waals surface area (Å²) in [4.78, 5) is 0. The largest absolute Gasteiger partial charge is 0.370 e. The molecule has 1 unspecified atom stereocenters. The van der Waals surface area contributed by atoms with Crippen molar-refractivity contribution >= 4 is 0 Å². The summed E-state index contributed by atoms with van der Waals surface area (Å²) in [6.07, 6.45) is 4.84. The quantitative estimate of drug-likeness (QED) is 0.825. The van der Waals surface area contributed by atoms with E-state index >= 15 is 0 Å². The minimum absolute atomic E-state index is 0.00486. The average Bonchev–Trinajstić information content (AvgIpc) is 2.39. The molecule has 0 aromatic heterocycles. The van der Waals surface area contributed by atoms with Gasteiger partial charge in [-0.1, -0.05) is 6.07 Å². The van der Waals surface area contributed by atoms with Crippen molar-refractivity contribution in [3.8, 4) is 0 Å². The number of fused-ring (bicyclic) bond motifs is 2. The Kier molecular flexibility index (Phi) is 3.78. The number of ether oxygens (including phenoxy) is 2. The summed E-state index contributed by atoms with van der Waals surface area (Å²) < 4.78 is 39.4. The Balaban J connectivity index is 1.71. The third-order valence-corrected chi connectivity index (χ3v) is 4.97. The van der Waals surface area contributed by atoms with Crippen molar-refractivity contribution in [2.24, 2.45) is 0 Å². The fourth-order valence-corrected chi connectivity index (χ4v) is 3.74. The third-order valence-electron chi connectivity index (χ3n) is 4.97. The van der Waals surface area contributed by atoms with Crippen LogP contribution in [-0.4, -0.2) is 17.3 Å². The lowest BCUT2D eigenvalue weighted by atomic mass is 9.75. The van der Waals surface area contributed by atoms with Crippen molar-refractivity contribution in [1.29, 1.82) is 0 Å². The van der Waals surface area contributed by atoms with E-state index < -0.39 is 11.6 Å². The van der Waals surface area contributed by atoms with Gasteiger partial charge < -0.3 is 9.47 Å². The van der Waals surface area contributed by atoms with Gasteiger partial charge in [0.25, 0.3) is 0 Å². The maximum Gasteiger partial charge on any atom is 0.131 e. The monoisotopic (exact) mass is 296 g/mol. The lowest BCUT2D eigenvalue weighted by Gasteiger charge is -2.53. The second-order valence-corrected chi connectivity index (χ2v) is 6.76. The first-order valence-corrected chi connectivity index (χ1v) is 7.67. The number of halogens is 2. The molecular weight excluding hydrogens is 274 g/mol. The van der Waals surface area contributed by atoms with E-state index in [1.54, 1.807) is 0 Å². The molecule has 116 valence electrons. The molecule has 3 rings (SSSR count). The minimum atomic E-state index is -0.551. The van der Waals surface area contributed by atoms with Crippen molar-refractivity contribution < 1.29 is 18.3 Å². The van der Waals surface area contributed by atoms with Crippen LogP contribution in [0.2, 0.25) is 0 Å². The molecule has 1 aromatic carbocycles. The van der Waals surface area contributed by atoms with Gasteiger partial charge in [-0.3, -0.25) is 0 Å². The molecule has 4 heteroatoms. The van der Waals surface area contributed by atoms with E-state index in [1.165, 1.54) is 18.2 Å². The van der Waals surface area contributed by atoms with Gasteiger partial charge in [-0.25, -0.2) is 8.78 Å². The Hall–Kier alpha value is -1.00. The van der Waals surface area contributed by atoms with Crippen LogP contribution in [0.3, 0.4) is 0 Å². The van der Waals surface area contributed by atoms with Crippen LogP contribution in [0, 0.1) is 11.6 Å². The molecule has 1 aromatic rings. The minimum Gasteiger partial charge on any atom is -0.370 e. The summed E-state index contributed by atoms with van der Waals surface area (Å²) in [5, 5.41) is 0. The van der Waals surface area contributed by atoms with Crippen LogP contribution < -0.4 is 0 Å². The summed E-state index contributed by atoms with van der Waals surface area (Å²) >= 11 is 0. The Morgan fingerprint density at radius 2 is 1.90 bits per heavy atom. The predicted molar refractivity (Wildman–Crippen MR) is 75.9 cm³/mol. The number of hydrogen-bond donors (Lipinski definition) is 0. The first-order valence-electron chi connectivity index (χ1n) is 7.67. The third kappa shape index (κ3) is 2.84.